The predicted molar refractivity (Wildman–Crippen MR) is 65.7 cm³/mol. The van der Waals surface area contributed by atoms with Crippen molar-refractivity contribution in [2.24, 2.45) is 5.73 Å². The number of aliphatic hydroxyl groups excluding tert-OH is 1. The van der Waals surface area contributed by atoms with E-state index < -0.39 is 0 Å². The van der Waals surface area contributed by atoms with Crippen molar-refractivity contribution in [3.05, 3.63) is 35.1 Å². The maximum atomic E-state index is 13.5. The van der Waals surface area contributed by atoms with Crippen molar-refractivity contribution in [2.45, 2.75) is 6.54 Å². The van der Waals surface area contributed by atoms with E-state index in [1.807, 2.05) is 11.9 Å². The number of nitrogens with two attached hydrogens (primary N) is 1. The summed E-state index contributed by atoms with van der Waals surface area (Å²) in [6.07, 6.45) is 0. The fraction of sp³-hybridized carbons (Fsp3) is 0.364. The molecule has 3 N–H and O–H groups in total. The van der Waals surface area contributed by atoms with Crippen LogP contribution < -0.4 is 5.73 Å². The van der Waals surface area contributed by atoms with Crippen LogP contribution in [0.1, 0.15) is 11.1 Å². The van der Waals surface area contributed by atoms with Crippen LogP contribution in [-0.2, 0) is 6.54 Å². The highest BCUT2D eigenvalue weighted by Crippen LogP contribution is 2.12. The fourth-order valence-corrected chi connectivity index (χ4v) is 1.52. The van der Waals surface area contributed by atoms with Gasteiger partial charge in [0.2, 0.25) is 0 Å². The third-order valence-electron chi connectivity index (χ3n) is 2.25. The number of likely N-dealkylation sites (N-methyl/N-ethyl adjacent to an activating group) is 1. The Morgan fingerprint density at radius 3 is 2.81 bits per heavy atom. The van der Waals surface area contributed by atoms with Crippen LogP contribution in [0.5, 0.6) is 0 Å². The predicted octanol–water partition coefficient (Wildman–Crippen LogP) is 0.884. The molecule has 1 aromatic rings. The molecule has 0 aliphatic heterocycles. The van der Waals surface area contributed by atoms with Crippen molar-refractivity contribution >= 4 is 17.2 Å². The molecule has 0 aromatic heterocycles. The summed E-state index contributed by atoms with van der Waals surface area (Å²) in [5.41, 5.74) is 6.66. The molecule has 0 spiro atoms. The van der Waals surface area contributed by atoms with Crippen LogP contribution in [-0.4, -0.2) is 35.2 Å². The quantitative estimate of drug-likeness (QED) is 0.753. The van der Waals surface area contributed by atoms with Gasteiger partial charge in [-0.25, -0.2) is 4.39 Å². The third kappa shape index (κ3) is 3.52. The van der Waals surface area contributed by atoms with E-state index in [0.29, 0.717) is 24.2 Å². The molecule has 16 heavy (non-hydrogen) atoms. The summed E-state index contributed by atoms with van der Waals surface area (Å²) in [5.74, 6) is -0.287. The van der Waals surface area contributed by atoms with Gasteiger partial charge in [0.05, 0.1) is 6.61 Å². The zero-order chi connectivity index (χ0) is 12.1. The van der Waals surface area contributed by atoms with E-state index >= 15 is 0 Å². The van der Waals surface area contributed by atoms with E-state index in [9.17, 15) is 4.39 Å². The van der Waals surface area contributed by atoms with Gasteiger partial charge in [0.25, 0.3) is 0 Å². The average Bonchev–Trinajstić information content (AvgIpc) is 2.21. The van der Waals surface area contributed by atoms with E-state index in [1.54, 1.807) is 12.1 Å². The number of thiocarbonyl (C=S) groups is 1. The van der Waals surface area contributed by atoms with Crippen molar-refractivity contribution in [1.82, 2.24) is 4.90 Å². The van der Waals surface area contributed by atoms with Gasteiger partial charge in [-0.1, -0.05) is 12.2 Å². The Morgan fingerprint density at radius 2 is 2.25 bits per heavy atom. The van der Waals surface area contributed by atoms with Gasteiger partial charge < -0.3 is 10.8 Å². The minimum absolute atomic E-state index is 0.0487. The smallest absolute Gasteiger partial charge is 0.127 e. The van der Waals surface area contributed by atoms with E-state index in [2.05, 4.69) is 0 Å². The molecular weight excluding hydrogens is 227 g/mol. The molecule has 0 unspecified atom stereocenters. The molecule has 0 radical (unpaired) electrons. The van der Waals surface area contributed by atoms with Gasteiger partial charge in [-0.05, 0) is 25.2 Å². The largest absolute Gasteiger partial charge is 0.395 e. The zero-order valence-corrected chi connectivity index (χ0v) is 9.93. The number of nitrogens with zero attached hydrogens (tertiary/aromatic N) is 1. The third-order valence-corrected chi connectivity index (χ3v) is 2.49. The van der Waals surface area contributed by atoms with Crippen LogP contribution in [0.25, 0.3) is 0 Å². The van der Waals surface area contributed by atoms with Crippen LogP contribution in [0.4, 0.5) is 4.39 Å². The Hall–Kier alpha value is -1.04. The number of aliphatic hydroxyl groups is 1. The molecule has 0 heterocycles. The number of rotatable bonds is 5. The molecule has 88 valence electrons. The Morgan fingerprint density at radius 1 is 1.56 bits per heavy atom. The molecule has 1 rings (SSSR count). The highest BCUT2D eigenvalue weighted by atomic mass is 32.1. The maximum absolute atomic E-state index is 13.5. The van der Waals surface area contributed by atoms with E-state index in [1.165, 1.54) is 6.07 Å². The van der Waals surface area contributed by atoms with E-state index in [0.717, 1.165) is 0 Å². The van der Waals surface area contributed by atoms with Gasteiger partial charge in [-0.2, -0.15) is 0 Å². The lowest BCUT2D eigenvalue weighted by atomic mass is 10.1. The Bertz CT molecular complexity index is 384. The summed E-state index contributed by atoms with van der Waals surface area (Å²) in [5, 5.41) is 8.75. The molecular formula is C11H15FN2OS. The monoisotopic (exact) mass is 242 g/mol. The number of halogens is 1. The first-order valence-electron chi connectivity index (χ1n) is 4.92. The van der Waals surface area contributed by atoms with Crippen LogP contribution in [0.15, 0.2) is 18.2 Å². The highest BCUT2D eigenvalue weighted by molar-refractivity contribution is 7.80. The van der Waals surface area contributed by atoms with Gasteiger partial charge in [-0.3, -0.25) is 4.90 Å². The topological polar surface area (TPSA) is 49.5 Å². The van der Waals surface area contributed by atoms with Crippen LogP contribution in [0.2, 0.25) is 0 Å². The summed E-state index contributed by atoms with van der Waals surface area (Å²) in [7, 11) is 1.81. The summed E-state index contributed by atoms with van der Waals surface area (Å²) in [6, 6.07) is 4.56. The van der Waals surface area contributed by atoms with Crippen molar-refractivity contribution in [2.75, 3.05) is 20.2 Å². The molecule has 1 aromatic carbocycles. The minimum atomic E-state index is -0.287. The number of hydrogen-bond acceptors (Lipinski definition) is 3. The van der Waals surface area contributed by atoms with Gasteiger partial charge in [0.1, 0.15) is 10.8 Å². The first-order valence-corrected chi connectivity index (χ1v) is 5.33. The minimum Gasteiger partial charge on any atom is -0.395 e. The fourth-order valence-electron chi connectivity index (χ4n) is 1.39. The lowest BCUT2D eigenvalue weighted by molar-refractivity contribution is 0.216. The molecule has 0 saturated heterocycles. The van der Waals surface area contributed by atoms with Gasteiger partial charge in [-0.15, -0.1) is 0 Å². The molecule has 3 nitrogen and oxygen atoms in total. The highest BCUT2D eigenvalue weighted by Gasteiger charge is 2.07. The molecule has 0 saturated carbocycles. The lowest BCUT2D eigenvalue weighted by Gasteiger charge is -2.16. The van der Waals surface area contributed by atoms with E-state index in [-0.39, 0.29) is 17.4 Å². The second-order valence-corrected chi connectivity index (χ2v) is 4.07. The molecule has 0 aliphatic carbocycles. The van der Waals surface area contributed by atoms with Gasteiger partial charge >= 0.3 is 0 Å². The van der Waals surface area contributed by atoms with Gasteiger partial charge in [0, 0.05) is 24.2 Å². The van der Waals surface area contributed by atoms with E-state index in [4.69, 9.17) is 23.1 Å². The second-order valence-electron chi connectivity index (χ2n) is 3.63. The van der Waals surface area contributed by atoms with Crippen LogP contribution in [0.3, 0.4) is 0 Å². The second kappa shape index (κ2) is 5.89. The molecule has 0 atom stereocenters. The standard InChI is InChI=1S/C11H15FN2OS/c1-14(4-5-15)7-9-6-8(11(13)16)2-3-10(9)12/h2-3,6,15H,4-5,7H2,1H3,(H2,13,16). The summed E-state index contributed by atoms with van der Waals surface area (Å²) in [6.45, 7) is 0.965. The summed E-state index contributed by atoms with van der Waals surface area (Å²) in [4.78, 5) is 2.08. The number of benzene rings is 1. The van der Waals surface area contributed by atoms with Crippen LogP contribution >= 0.6 is 12.2 Å². The summed E-state index contributed by atoms with van der Waals surface area (Å²) >= 11 is 4.83. The molecule has 0 aliphatic rings. The molecule has 5 heteroatoms. The molecule has 0 bridgehead atoms. The van der Waals surface area contributed by atoms with Crippen molar-refractivity contribution in [1.29, 1.82) is 0 Å². The first-order chi connectivity index (χ1) is 7.54. The molecule has 0 amide bonds. The molecule has 0 fully saturated rings. The Balaban J connectivity index is 2.85. The van der Waals surface area contributed by atoms with Crippen molar-refractivity contribution in [3.8, 4) is 0 Å². The zero-order valence-electron chi connectivity index (χ0n) is 9.11. The van der Waals surface area contributed by atoms with Crippen LogP contribution in [0, 0.1) is 5.82 Å². The van der Waals surface area contributed by atoms with Crippen molar-refractivity contribution < 1.29 is 9.50 Å². The first kappa shape index (κ1) is 13.0. The van der Waals surface area contributed by atoms with Gasteiger partial charge in [0.15, 0.2) is 0 Å². The SMILES string of the molecule is CN(CCO)Cc1cc(C(N)=S)ccc1F. The summed E-state index contributed by atoms with van der Waals surface area (Å²) < 4.78 is 13.5. The number of hydrogen-bond donors (Lipinski definition) is 2. The lowest BCUT2D eigenvalue weighted by Crippen LogP contribution is -2.22. The normalized spacial score (nSPS) is 10.8. The maximum Gasteiger partial charge on any atom is 0.127 e. The average molecular weight is 242 g/mol. The van der Waals surface area contributed by atoms with Crippen molar-refractivity contribution in [3.63, 3.8) is 0 Å². The Kier molecular flexibility index (Phi) is 4.79. The Labute approximate surface area is 99.7 Å².